The lowest BCUT2D eigenvalue weighted by atomic mass is 9.95. The van der Waals surface area contributed by atoms with Gasteiger partial charge in [0.05, 0.1) is 11.0 Å². The van der Waals surface area contributed by atoms with Crippen molar-refractivity contribution in [2.75, 3.05) is 4.90 Å². The van der Waals surface area contributed by atoms with E-state index in [-0.39, 0.29) is 0 Å². The second-order valence-electron chi connectivity index (χ2n) is 13.4. The highest BCUT2D eigenvalue weighted by Crippen LogP contribution is 2.43. The molecular weight excluding hydrogens is 629 g/mol. The van der Waals surface area contributed by atoms with E-state index in [1.165, 1.54) is 65.6 Å². The molecule has 0 bridgehead atoms. The number of anilines is 3. The lowest BCUT2D eigenvalue weighted by molar-refractivity contribution is 1.17. The quantitative estimate of drug-likeness (QED) is 0.172. The van der Waals surface area contributed by atoms with Crippen molar-refractivity contribution >= 4 is 60.4 Å². The predicted molar refractivity (Wildman–Crippen MR) is 221 cm³/mol. The fourth-order valence-electron chi connectivity index (χ4n) is 7.91. The highest BCUT2D eigenvalue weighted by atomic mass is 15.1. The number of hydrogen-bond acceptors (Lipinski definition) is 1. The molecule has 10 rings (SSSR count). The highest BCUT2D eigenvalue weighted by molar-refractivity contribution is 6.25. The Labute approximate surface area is 303 Å². The third-order valence-corrected chi connectivity index (χ3v) is 10.4. The zero-order valence-electron chi connectivity index (χ0n) is 28.5. The van der Waals surface area contributed by atoms with Crippen LogP contribution in [0.2, 0.25) is 0 Å². The number of aromatic nitrogens is 1. The van der Waals surface area contributed by atoms with Gasteiger partial charge in [-0.3, -0.25) is 0 Å². The van der Waals surface area contributed by atoms with Gasteiger partial charge >= 0.3 is 0 Å². The number of hydrogen-bond donors (Lipinski definition) is 0. The fourth-order valence-corrected chi connectivity index (χ4v) is 7.91. The summed E-state index contributed by atoms with van der Waals surface area (Å²) in [6.07, 6.45) is 0. The number of nitrogens with zero attached hydrogens (tertiary/aromatic N) is 2. The molecular formula is C50H34N2. The largest absolute Gasteiger partial charge is 0.311 e. The van der Waals surface area contributed by atoms with Crippen molar-refractivity contribution in [3.63, 3.8) is 0 Å². The summed E-state index contributed by atoms with van der Waals surface area (Å²) < 4.78 is 2.44. The minimum Gasteiger partial charge on any atom is -0.311 e. The van der Waals surface area contributed by atoms with E-state index in [9.17, 15) is 0 Å². The summed E-state index contributed by atoms with van der Waals surface area (Å²) in [6.45, 7) is 0. The summed E-state index contributed by atoms with van der Waals surface area (Å²) in [5, 5.41) is 7.57. The Morgan fingerprint density at radius 2 is 0.885 bits per heavy atom. The van der Waals surface area contributed by atoms with Gasteiger partial charge in [0.15, 0.2) is 0 Å². The lowest BCUT2D eigenvalue weighted by Gasteiger charge is -2.26. The van der Waals surface area contributed by atoms with Crippen LogP contribution in [0, 0.1) is 0 Å². The smallest absolute Gasteiger partial charge is 0.0547 e. The SMILES string of the molecule is c1ccc(-c2ccc(N(c3ccccc3)c3ccc(-n4c5cccc(-c6ccc7ccccc7c6)c5c5c6ccccc6ccc54)cc3)cc2)cc1. The van der Waals surface area contributed by atoms with Crippen LogP contribution in [0.1, 0.15) is 0 Å². The zero-order chi connectivity index (χ0) is 34.4. The maximum Gasteiger partial charge on any atom is 0.0547 e. The van der Waals surface area contributed by atoms with Gasteiger partial charge in [0.2, 0.25) is 0 Å². The molecule has 0 saturated heterocycles. The van der Waals surface area contributed by atoms with Gasteiger partial charge in [-0.2, -0.15) is 0 Å². The minimum atomic E-state index is 1.10. The van der Waals surface area contributed by atoms with Crippen LogP contribution in [0.5, 0.6) is 0 Å². The Morgan fingerprint density at radius 3 is 1.65 bits per heavy atom. The molecule has 0 fully saturated rings. The molecule has 0 saturated carbocycles. The lowest BCUT2D eigenvalue weighted by Crippen LogP contribution is -2.10. The monoisotopic (exact) mass is 662 g/mol. The first-order valence-electron chi connectivity index (χ1n) is 17.9. The van der Waals surface area contributed by atoms with E-state index in [1.807, 2.05) is 0 Å². The van der Waals surface area contributed by atoms with Crippen LogP contribution in [0.3, 0.4) is 0 Å². The maximum atomic E-state index is 2.44. The molecule has 0 aliphatic heterocycles. The second kappa shape index (κ2) is 12.5. The summed E-state index contributed by atoms with van der Waals surface area (Å²) in [5.74, 6) is 0. The molecule has 0 radical (unpaired) electrons. The van der Waals surface area contributed by atoms with Gasteiger partial charge in [-0.25, -0.2) is 0 Å². The van der Waals surface area contributed by atoms with E-state index >= 15 is 0 Å². The summed E-state index contributed by atoms with van der Waals surface area (Å²) in [5.41, 5.74) is 11.7. The van der Waals surface area contributed by atoms with Crippen molar-refractivity contribution in [3.8, 4) is 27.9 Å². The first-order chi connectivity index (χ1) is 25.8. The molecule has 0 aliphatic carbocycles. The van der Waals surface area contributed by atoms with Crippen molar-refractivity contribution in [1.29, 1.82) is 0 Å². The van der Waals surface area contributed by atoms with Crippen LogP contribution < -0.4 is 4.90 Å². The van der Waals surface area contributed by atoms with Crippen LogP contribution in [0.15, 0.2) is 206 Å². The fraction of sp³-hybridized carbons (Fsp3) is 0. The van der Waals surface area contributed by atoms with Gasteiger partial charge in [-0.15, -0.1) is 0 Å². The van der Waals surface area contributed by atoms with Crippen molar-refractivity contribution in [2.45, 2.75) is 0 Å². The maximum absolute atomic E-state index is 2.44. The molecule has 0 atom stereocenters. The van der Waals surface area contributed by atoms with Crippen LogP contribution in [0.4, 0.5) is 17.1 Å². The van der Waals surface area contributed by atoms with E-state index in [4.69, 9.17) is 0 Å². The van der Waals surface area contributed by atoms with Crippen LogP contribution in [0.25, 0.3) is 71.3 Å². The molecule has 10 aromatic rings. The minimum absolute atomic E-state index is 1.10. The number of para-hydroxylation sites is 1. The molecule has 0 unspecified atom stereocenters. The molecule has 2 nitrogen and oxygen atoms in total. The normalized spacial score (nSPS) is 11.5. The van der Waals surface area contributed by atoms with Crippen molar-refractivity contribution in [2.24, 2.45) is 0 Å². The first kappa shape index (κ1) is 30.0. The molecule has 244 valence electrons. The van der Waals surface area contributed by atoms with E-state index in [1.54, 1.807) is 0 Å². The Balaban J connectivity index is 1.14. The first-order valence-corrected chi connectivity index (χ1v) is 17.9. The van der Waals surface area contributed by atoms with Gasteiger partial charge in [-0.1, -0.05) is 140 Å². The summed E-state index contributed by atoms with van der Waals surface area (Å²) in [6, 6.07) is 74.6. The summed E-state index contributed by atoms with van der Waals surface area (Å²) in [4.78, 5) is 2.33. The Bertz CT molecular complexity index is 2870. The van der Waals surface area contributed by atoms with Crippen molar-refractivity contribution in [1.82, 2.24) is 4.57 Å². The standard InChI is InChI=1S/C50H34N2/c1-3-12-35(13-4-1)37-24-27-42(28-25-37)51(41-17-5-2-6-18-41)43-29-31-44(32-30-43)52-47-21-11-20-46(40-23-22-36-14-7-8-16-39(36)34-40)50(47)49-45-19-10-9-15-38(45)26-33-48(49)52/h1-34H. The Morgan fingerprint density at radius 1 is 0.327 bits per heavy atom. The topological polar surface area (TPSA) is 8.17 Å². The van der Waals surface area contributed by atoms with E-state index in [0.717, 1.165) is 22.7 Å². The van der Waals surface area contributed by atoms with E-state index in [2.05, 4.69) is 216 Å². The predicted octanol–water partition coefficient (Wildman–Crippen LogP) is 13.9. The zero-order valence-corrected chi connectivity index (χ0v) is 28.5. The van der Waals surface area contributed by atoms with Gasteiger partial charge in [0.25, 0.3) is 0 Å². The average Bonchev–Trinajstić information content (AvgIpc) is 3.57. The molecule has 1 aromatic heterocycles. The molecule has 0 aliphatic rings. The second-order valence-corrected chi connectivity index (χ2v) is 13.4. The van der Waals surface area contributed by atoms with Crippen LogP contribution in [-0.4, -0.2) is 4.57 Å². The van der Waals surface area contributed by atoms with E-state index in [0.29, 0.717) is 0 Å². The number of fused-ring (bicyclic) bond motifs is 6. The highest BCUT2D eigenvalue weighted by Gasteiger charge is 2.19. The van der Waals surface area contributed by atoms with Gasteiger partial charge in [-0.05, 0) is 111 Å². The van der Waals surface area contributed by atoms with Crippen LogP contribution in [-0.2, 0) is 0 Å². The van der Waals surface area contributed by atoms with Crippen molar-refractivity contribution in [3.05, 3.63) is 206 Å². The molecule has 1 heterocycles. The molecule has 52 heavy (non-hydrogen) atoms. The van der Waals surface area contributed by atoms with Gasteiger partial charge in [0, 0.05) is 33.5 Å². The average molecular weight is 663 g/mol. The number of rotatable bonds is 6. The summed E-state index contributed by atoms with van der Waals surface area (Å²) in [7, 11) is 0. The molecule has 2 heteroatoms. The Hall–Kier alpha value is -6.90. The van der Waals surface area contributed by atoms with Gasteiger partial charge in [0.1, 0.15) is 0 Å². The van der Waals surface area contributed by atoms with E-state index < -0.39 is 0 Å². The third kappa shape index (κ3) is 5.04. The van der Waals surface area contributed by atoms with Crippen molar-refractivity contribution < 1.29 is 0 Å². The summed E-state index contributed by atoms with van der Waals surface area (Å²) >= 11 is 0. The molecule has 0 spiro atoms. The molecule has 9 aromatic carbocycles. The number of benzene rings is 9. The van der Waals surface area contributed by atoms with Gasteiger partial charge < -0.3 is 9.47 Å². The molecule has 0 N–H and O–H groups in total. The molecule has 0 amide bonds. The van der Waals surface area contributed by atoms with Crippen LogP contribution >= 0.6 is 0 Å². The Kier molecular flexibility index (Phi) is 7.18. The third-order valence-electron chi connectivity index (χ3n) is 10.4.